The Hall–Kier alpha value is -0.130. The van der Waals surface area contributed by atoms with Crippen LogP contribution in [0.1, 0.15) is 32.0 Å². The molecule has 0 aromatic carbocycles. The van der Waals surface area contributed by atoms with Crippen LogP contribution >= 0.6 is 23.5 Å². The molecule has 0 saturated carbocycles. The molecule has 1 aromatic rings. The Kier molecular flexibility index (Phi) is 5.45. The van der Waals surface area contributed by atoms with Crippen molar-refractivity contribution in [2.24, 2.45) is 11.7 Å². The fourth-order valence-electron chi connectivity index (χ4n) is 2.28. The molecule has 2 rings (SSSR count). The van der Waals surface area contributed by atoms with Crippen LogP contribution in [-0.2, 0) is 6.54 Å². The number of hydrogen-bond acceptors (Lipinski definition) is 4. The Labute approximate surface area is 118 Å². The lowest BCUT2D eigenvalue weighted by Crippen LogP contribution is -2.24. The maximum absolute atomic E-state index is 6.27. The number of rotatable bonds is 5. The monoisotopic (exact) mass is 285 g/mol. The summed E-state index contributed by atoms with van der Waals surface area (Å²) in [5.74, 6) is 4.45. The van der Waals surface area contributed by atoms with E-state index in [9.17, 15) is 0 Å². The van der Waals surface area contributed by atoms with E-state index >= 15 is 0 Å². The zero-order valence-electron chi connectivity index (χ0n) is 11.2. The van der Waals surface area contributed by atoms with Gasteiger partial charge >= 0.3 is 0 Å². The van der Waals surface area contributed by atoms with Gasteiger partial charge in [0.15, 0.2) is 0 Å². The van der Waals surface area contributed by atoms with Gasteiger partial charge in [0.1, 0.15) is 0 Å². The van der Waals surface area contributed by atoms with Crippen LogP contribution in [0, 0.1) is 5.92 Å². The van der Waals surface area contributed by atoms with Gasteiger partial charge in [0, 0.05) is 41.3 Å². The van der Waals surface area contributed by atoms with E-state index in [2.05, 4.69) is 46.9 Å². The predicted molar refractivity (Wildman–Crippen MR) is 82.2 cm³/mol. The van der Waals surface area contributed by atoms with Crippen LogP contribution in [0.15, 0.2) is 12.5 Å². The zero-order valence-corrected chi connectivity index (χ0v) is 12.8. The third kappa shape index (κ3) is 3.93. The maximum atomic E-state index is 6.27. The lowest BCUT2D eigenvalue weighted by atomic mass is 10.0. The first-order valence-electron chi connectivity index (χ1n) is 6.61. The van der Waals surface area contributed by atoms with Crippen LogP contribution < -0.4 is 5.73 Å². The van der Waals surface area contributed by atoms with E-state index in [0.29, 0.717) is 11.2 Å². The van der Waals surface area contributed by atoms with Crippen molar-refractivity contribution >= 4 is 23.5 Å². The highest BCUT2D eigenvalue weighted by atomic mass is 32.2. The fourth-order valence-corrected chi connectivity index (χ4v) is 4.95. The van der Waals surface area contributed by atoms with Crippen LogP contribution in [0.4, 0.5) is 0 Å². The van der Waals surface area contributed by atoms with Crippen molar-refractivity contribution in [1.82, 2.24) is 9.55 Å². The summed E-state index contributed by atoms with van der Waals surface area (Å²) in [6.45, 7) is 5.49. The molecule has 5 heteroatoms. The lowest BCUT2D eigenvalue weighted by molar-refractivity contribution is 0.483. The molecule has 18 heavy (non-hydrogen) atoms. The number of hydrogen-bond donors (Lipinski definition) is 1. The summed E-state index contributed by atoms with van der Waals surface area (Å²) in [5.41, 5.74) is 7.47. The molecule has 0 aliphatic carbocycles. The van der Waals surface area contributed by atoms with Gasteiger partial charge in [-0.3, -0.25) is 0 Å². The molecule has 1 fully saturated rings. The van der Waals surface area contributed by atoms with Crippen molar-refractivity contribution in [1.29, 1.82) is 0 Å². The van der Waals surface area contributed by atoms with Gasteiger partial charge in [0.05, 0.1) is 12.0 Å². The molecule has 102 valence electrons. The summed E-state index contributed by atoms with van der Waals surface area (Å²) in [6, 6.07) is 0.119. The molecule has 1 aromatic heterocycles. The maximum Gasteiger partial charge on any atom is 0.0949 e. The number of nitrogens with two attached hydrogens (primary N) is 1. The van der Waals surface area contributed by atoms with Crippen molar-refractivity contribution < 1.29 is 0 Å². The van der Waals surface area contributed by atoms with Gasteiger partial charge in [-0.05, 0) is 12.3 Å². The van der Waals surface area contributed by atoms with Crippen molar-refractivity contribution in [3.05, 3.63) is 18.2 Å². The van der Waals surface area contributed by atoms with Crippen molar-refractivity contribution in [3.63, 3.8) is 0 Å². The molecule has 1 saturated heterocycles. The van der Waals surface area contributed by atoms with Gasteiger partial charge < -0.3 is 10.3 Å². The van der Waals surface area contributed by atoms with Crippen LogP contribution in [-0.4, -0.2) is 32.1 Å². The molecular weight excluding hydrogens is 262 g/mol. The second kappa shape index (κ2) is 6.87. The smallest absolute Gasteiger partial charge is 0.0949 e. The van der Waals surface area contributed by atoms with Gasteiger partial charge in [0.25, 0.3) is 0 Å². The summed E-state index contributed by atoms with van der Waals surface area (Å²) < 4.78 is 2.26. The standard InChI is InChI=1S/C13H23N3S2/c1-10(2)5-12(14)13-6-15-9-16(13)7-11-8-17-3-4-18-11/h6,9-12H,3-5,7-8,14H2,1-2H3. The Morgan fingerprint density at radius 3 is 3.00 bits per heavy atom. The van der Waals surface area contributed by atoms with Gasteiger partial charge in [-0.1, -0.05) is 13.8 Å². The number of thioether (sulfide) groups is 2. The molecule has 2 heterocycles. The summed E-state index contributed by atoms with van der Waals surface area (Å²) in [7, 11) is 0. The molecule has 3 nitrogen and oxygen atoms in total. The molecule has 0 radical (unpaired) electrons. The van der Waals surface area contributed by atoms with Gasteiger partial charge in [-0.25, -0.2) is 4.98 Å². The van der Waals surface area contributed by atoms with Crippen molar-refractivity contribution in [3.8, 4) is 0 Å². The first-order chi connectivity index (χ1) is 8.66. The second-order valence-corrected chi connectivity index (χ2v) is 7.83. The first-order valence-corrected chi connectivity index (χ1v) is 8.82. The van der Waals surface area contributed by atoms with Crippen molar-refractivity contribution in [2.45, 2.75) is 38.1 Å². The summed E-state index contributed by atoms with van der Waals surface area (Å²) in [5, 5.41) is 0.711. The topological polar surface area (TPSA) is 43.8 Å². The lowest BCUT2D eigenvalue weighted by Gasteiger charge is -2.23. The van der Waals surface area contributed by atoms with Gasteiger partial charge in [0.2, 0.25) is 0 Å². The van der Waals surface area contributed by atoms with Gasteiger partial charge in [-0.15, -0.1) is 0 Å². The SMILES string of the molecule is CC(C)CC(N)c1cncn1CC1CSCCS1. The number of aromatic nitrogens is 2. The van der Waals surface area contributed by atoms with Crippen LogP contribution in [0.2, 0.25) is 0 Å². The molecule has 2 N–H and O–H groups in total. The Bertz CT molecular complexity index is 359. The number of imidazole rings is 1. The van der Waals surface area contributed by atoms with E-state index in [1.807, 2.05) is 12.5 Å². The summed E-state index contributed by atoms with van der Waals surface area (Å²) >= 11 is 4.15. The molecule has 2 atom stereocenters. The first kappa shape index (κ1) is 14.3. The Morgan fingerprint density at radius 2 is 2.33 bits per heavy atom. The third-order valence-corrected chi connectivity index (χ3v) is 5.96. The van der Waals surface area contributed by atoms with Gasteiger partial charge in [-0.2, -0.15) is 23.5 Å². The van der Waals surface area contributed by atoms with Crippen molar-refractivity contribution in [2.75, 3.05) is 17.3 Å². The van der Waals surface area contributed by atoms with E-state index in [4.69, 9.17) is 5.73 Å². The average Bonchev–Trinajstić information content (AvgIpc) is 2.77. The molecule has 1 aliphatic rings. The summed E-state index contributed by atoms with van der Waals surface area (Å²) in [6.07, 6.45) is 4.90. The summed E-state index contributed by atoms with van der Waals surface area (Å²) in [4.78, 5) is 4.28. The highest BCUT2D eigenvalue weighted by Gasteiger charge is 2.18. The highest BCUT2D eigenvalue weighted by molar-refractivity contribution is 8.06. The third-order valence-electron chi connectivity index (χ3n) is 3.14. The van der Waals surface area contributed by atoms with E-state index in [-0.39, 0.29) is 6.04 Å². The van der Waals surface area contributed by atoms with E-state index in [1.54, 1.807) is 0 Å². The molecule has 1 aliphatic heterocycles. The zero-order chi connectivity index (χ0) is 13.0. The molecule has 2 unspecified atom stereocenters. The minimum atomic E-state index is 0.119. The van der Waals surface area contributed by atoms with Crippen LogP contribution in [0.3, 0.4) is 0 Å². The average molecular weight is 285 g/mol. The largest absolute Gasteiger partial charge is 0.332 e. The predicted octanol–water partition coefficient (Wildman–Crippen LogP) is 2.78. The van der Waals surface area contributed by atoms with E-state index in [0.717, 1.165) is 13.0 Å². The normalized spacial score (nSPS) is 22.3. The quantitative estimate of drug-likeness (QED) is 0.903. The molecule has 0 bridgehead atoms. The second-order valence-electron chi connectivity index (χ2n) is 5.27. The molecule has 0 spiro atoms. The molecule has 0 amide bonds. The Balaban J connectivity index is 1.98. The van der Waals surface area contributed by atoms with Crippen LogP contribution in [0.5, 0.6) is 0 Å². The van der Waals surface area contributed by atoms with E-state index < -0.39 is 0 Å². The fraction of sp³-hybridized carbons (Fsp3) is 0.769. The Morgan fingerprint density at radius 1 is 1.50 bits per heavy atom. The van der Waals surface area contributed by atoms with Crippen LogP contribution in [0.25, 0.3) is 0 Å². The highest BCUT2D eigenvalue weighted by Crippen LogP contribution is 2.26. The minimum Gasteiger partial charge on any atom is -0.332 e. The van der Waals surface area contributed by atoms with E-state index in [1.165, 1.54) is 23.0 Å². The number of nitrogens with zero attached hydrogens (tertiary/aromatic N) is 2. The minimum absolute atomic E-state index is 0.119. The molecular formula is C13H23N3S2.